The number of aromatic nitrogens is 2. The average molecular weight is 946 g/mol. The van der Waals surface area contributed by atoms with Crippen molar-refractivity contribution >= 4 is 57.6 Å². The van der Waals surface area contributed by atoms with Crippen LogP contribution in [0.2, 0.25) is 5.02 Å². The van der Waals surface area contributed by atoms with Gasteiger partial charge in [0.05, 0.1) is 54.5 Å². The molecule has 0 spiro atoms. The zero-order valence-corrected chi connectivity index (χ0v) is 38.3. The highest BCUT2D eigenvalue weighted by molar-refractivity contribution is 6.31. The Morgan fingerprint density at radius 3 is 2.36 bits per heavy atom. The van der Waals surface area contributed by atoms with Crippen LogP contribution in [0.3, 0.4) is 0 Å². The largest absolute Gasteiger partial charge is 0.490 e. The molecule has 5 aliphatic heterocycles. The lowest BCUT2D eigenvalue weighted by molar-refractivity contribution is -0.151. The van der Waals surface area contributed by atoms with Crippen molar-refractivity contribution in [2.45, 2.75) is 63.5 Å². The van der Waals surface area contributed by atoms with Gasteiger partial charge in [-0.1, -0.05) is 11.6 Å². The van der Waals surface area contributed by atoms with Crippen LogP contribution in [0, 0.1) is 23.6 Å². The van der Waals surface area contributed by atoms with Gasteiger partial charge < -0.3 is 29.7 Å². The van der Waals surface area contributed by atoms with Gasteiger partial charge in [0.1, 0.15) is 29.8 Å². The maximum absolute atomic E-state index is 15.6. The number of hydrogen-bond acceptors (Lipinski definition) is 14. The van der Waals surface area contributed by atoms with Crippen LogP contribution in [0.4, 0.5) is 20.3 Å². The molecule has 4 amide bonds. The molecule has 5 fully saturated rings. The molecule has 0 saturated carbocycles. The van der Waals surface area contributed by atoms with Crippen molar-refractivity contribution in [1.82, 2.24) is 40.2 Å². The number of piperidine rings is 2. The van der Waals surface area contributed by atoms with Gasteiger partial charge in [0.15, 0.2) is 11.5 Å². The minimum absolute atomic E-state index is 0.00897. The van der Waals surface area contributed by atoms with Crippen LogP contribution < -0.4 is 25.4 Å². The monoisotopic (exact) mass is 945 g/mol. The number of amides is 4. The van der Waals surface area contributed by atoms with Crippen molar-refractivity contribution in [3.8, 4) is 11.5 Å². The van der Waals surface area contributed by atoms with Gasteiger partial charge in [-0.15, -0.1) is 0 Å². The zero-order valence-electron chi connectivity index (χ0n) is 37.5. The average Bonchev–Trinajstić information content (AvgIpc) is 3.57. The number of morpholine rings is 1. The smallest absolute Gasteiger partial charge is 0.249 e. The molecule has 3 aromatic rings. The minimum Gasteiger partial charge on any atom is -0.490 e. The molecular weight excluding hydrogens is 888 g/mol. The maximum Gasteiger partial charge on any atom is 0.249 e. The van der Waals surface area contributed by atoms with Crippen molar-refractivity contribution < 1.29 is 42.2 Å². The first-order chi connectivity index (χ1) is 32.6. The normalized spacial score (nSPS) is 25.2. The molecule has 358 valence electrons. The summed E-state index contributed by atoms with van der Waals surface area (Å²) in [6.07, 6.45) is 10.3. The molecule has 5 saturated heterocycles. The van der Waals surface area contributed by atoms with Gasteiger partial charge in [-0.05, 0) is 100 Å². The van der Waals surface area contributed by atoms with Crippen molar-refractivity contribution in [3.63, 3.8) is 0 Å². The van der Waals surface area contributed by atoms with Crippen molar-refractivity contribution in [3.05, 3.63) is 71.2 Å². The Balaban J connectivity index is 0.745. The molecule has 6 aliphatic rings. The first kappa shape index (κ1) is 46.8. The number of piperazine rings is 1. The second-order valence-electron chi connectivity index (χ2n) is 18.2. The summed E-state index contributed by atoms with van der Waals surface area (Å²) in [5.74, 6) is -2.80. The zero-order chi connectivity index (χ0) is 46.4. The van der Waals surface area contributed by atoms with E-state index in [2.05, 4.69) is 35.7 Å². The van der Waals surface area contributed by atoms with Crippen molar-refractivity contribution in [2.24, 2.45) is 17.8 Å². The fraction of sp³-hybridized carbons (Fsp3) is 0.542. The Kier molecular flexibility index (Phi) is 14.9. The Hall–Kier alpha value is -5.27. The summed E-state index contributed by atoms with van der Waals surface area (Å²) in [5.41, 5.74) is 1.59. The van der Waals surface area contributed by atoms with E-state index in [1.807, 2.05) is 17.0 Å². The predicted octanol–water partition coefficient (Wildman–Crippen LogP) is 4.96. The molecule has 67 heavy (non-hydrogen) atoms. The van der Waals surface area contributed by atoms with Gasteiger partial charge in [0.25, 0.3) is 0 Å². The topological polar surface area (TPSA) is 171 Å². The standard InChI is InChI=1S/C48H58ClF2N9O7/c49-36-24-32(4-5-37(36)50)55-45-35-27-42(67-20-2-11-57-17-21-65-22-18-57)43(28-39(35)53-29-54-45)66-19-1-3-31-23-30(8-10-52-31)9-12-58-13-15-59(16-14-58)41-26-34-33(25-38(41)51)47(63)60(48(34)64)40-6-7-44(61)56-46(40)62/h4-5,24-31,33-34,40,52H,1-3,6-23H2,(H,53,54,55)(H,56,61,62). The van der Waals surface area contributed by atoms with Gasteiger partial charge >= 0.3 is 0 Å². The molecule has 0 bridgehead atoms. The molecular formula is C48H58ClF2N9O7. The quantitative estimate of drug-likeness (QED) is 0.123. The third-order valence-electron chi connectivity index (χ3n) is 13.8. The van der Waals surface area contributed by atoms with Crippen LogP contribution in [0.1, 0.15) is 51.4 Å². The van der Waals surface area contributed by atoms with E-state index < -0.39 is 53.2 Å². The molecule has 19 heteroatoms. The van der Waals surface area contributed by atoms with Gasteiger partial charge in [-0.2, -0.15) is 0 Å². The summed E-state index contributed by atoms with van der Waals surface area (Å²) in [7, 11) is 0. The SMILES string of the molecule is O=C1CCC(N2C(=O)C3C=C(F)C(N4CCN(CCC5CCNC(CCCOc6cc7ncnc(Nc8ccc(F)c(Cl)c8)c7cc6OCCCN6CCOCC6)C5)CC4)=CC3C2=O)C(=O)N1. The van der Waals surface area contributed by atoms with Gasteiger partial charge in [-0.25, -0.2) is 18.7 Å². The number of carbonyl (C=O) groups is 4. The number of halogens is 3. The van der Waals surface area contributed by atoms with Crippen molar-refractivity contribution in [1.29, 1.82) is 0 Å². The summed E-state index contributed by atoms with van der Waals surface area (Å²) in [5, 5.41) is 9.91. The van der Waals surface area contributed by atoms with Crippen LogP contribution >= 0.6 is 11.6 Å². The molecule has 1 aromatic heterocycles. The number of nitrogens with zero attached hydrogens (tertiary/aromatic N) is 6. The number of fused-ring (bicyclic) bond motifs is 2. The molecule has 9 rings (SSSR count). The number of allylic oxidation sites excluding steroid dienone is 1. The van der Waals surface area contributed by atoms with Gasteiger partial charge in [0, 0.05) is 75.4 Å². The maximum atomic E-state index is 15.6. The van der Waals surface area contributed by atoms with Crippen molar-refractivity contribution in [2.75, 3.05) is 90.6 Å². The van der Waals surface area contributed by atoms with E-state index in [1.54, 1.807) is 12.1 Å². The summed E-state index contributed by atoms with van der Waals surface area (Å²) >= 11 is 6.06. The number of ether oxygens (including phenoxy) is 3. The Labute approximate surface area is 393 Å². The summed E-state index contributed by atoms with van der Waals surface area (Å²) in [6.45, 7) is 9.81. The lowest BCUT2D eigenvalue weighted by atomic mass is 9.87. The highest BCUT2D eigenvalue weighted by Gasteiger charge is 2.52. The van der Waals surface area contributed by atoms with Crippen LogP contribution in [0.25, 0.3) is 10.9 Å². The van der Waals surface area contributed by atoms with Gasteiger partial charge in [0.2, 0.25) is 23.6 Å². The molecule has 2 aromatic carbocycles. The van der Waals surface area contributed by atoms with Crippen LogP contribution in [-0.4, -0.2) is 151 Å². The highest BCUT2D eigenvalue weighted by atomic mass is 35.5. The van der Waals surface area contributed by atoms with E-state index in [1.165, 1.54) is 24.5 Å². The summed E-state index contributed by atoms with van der Waals surface area (Å²) in [4.78, 5) is 67.5. The first-order valence-corrected chi connectivity index (χ1v) is 24.0. The Morgan fingerprint density at radius 2 is 1.58 bits per heavy atom. The fourth-order valence-corrected chi connectivity index (χ4v) is 10.3. The number of carbonyl (C=O) groups excluding carboxylic acids is 4. The number of likely N-dealkylation sites (tertiary alicyclic amines) is 1. The number of rotatable bonds is 17. The fourth-order valence-electron chi connectivity index (χ4n) is 10.1. The lowest BCUT2D eigenvalue weighted by Gasteiger charge is -2.39. The molecule has 5 atom stereocenters. The number of hydrogen-bond donors (Lipinski definition) is 3. The number of anilines is 2. The summed E-state index contributed by atoms with van der Waals surface area (Å²) in [6, 6.07) is 7.53. The highest BCUT2D eigenvalue weighted by Crippen LogP contribution is 2.40. The third-order valence-corrected chi connectivity index (χ3v) is 14.1. The predicted molar refractivity (Wildman–Crippen MR) is 246 cm³/mol. The van der Waals surface area contributed by atoms with E-state index in [0.29, 0.717) is 72.5 Å². The Morgan fingerprint density at radius 1 is 0.836 bits per heavy atom. The second kappa shape index (κ2) is 21.4. The van der Waals surface area contributed by atoms with E-state index in [9.17, 15) is 23.6 Å². The van der Waals surface area contributed by atoms with Crippen LogP contribution in [0.15, 0.2) is 60.3 Å². The van der Waals surface area contributed by atoms with E-state index in [0.717, 1.165) is 108 Å². The van der Waals surface area contributed by atoms with Gasteiger partial charge in [-0.3, -0.25) is 39.2 Å². The lowest BCUT2D eigenvalue weighted by Crippen LogP contribution is -2.54. The second-order valence-corrected chi connectivity index (χ2v) is 18.6. The minimum atomic E-state index is -1.06. The Bertz CT molecular complexity index is 2390. The van der Waals surface area contributed by atoms with E-state index >= 15 is 4.39 Å². The number of imide groups is 2. The van der Waals surface area contributed by atoms with Crippen LogP contribution in [0.5, 0.6) is 11.5 Å². The van der Waals surface area contributed by atoms with E-state index in [4.69, 9.17) is 25.8 Å². The first-order valence-electron chi connectivity index (χ1n) is 23.7. The molecule has 5 unspecified atom stereocenters. The molecule has 3 N–H and O–H groups in total. The molecule has 16 nitrogen and oxygen atoms in total. The summed E-state index contributed by atoms with van der Waals surface area (Å²) < 4.78 is 47.8. The van der Waals surface area contributed by atoms with E-state index in [-0.39, 0.29) is 17.9 Å². The van der Waals surface area contributed by atoms with Crippen LogP contribution in [-0.2, 0) is 23.9 Å². The molecule has 6 heterocycles. The molecule has 1 aliphatic carbocycles. The molecule has 0 radical (unpaired) electrons. The third kappa shape index (κ3) is 11.0. The number of benzene rings is 2. The number of nitrogens with one attached hydrogen (secondary N) is 3.